The Bertz CT molecular complexity index is 610. The molecule has 6 heteroatoms. The summed E-state index contributed by atoms with van der Waals surface area (Å²) in [6, 6.07) is 5.54. The lowest BCUT2D eigenvalue weighted by molar-refractivity contribution is 0.0913. The van der Waals surface area contributed by atoms with Gasteiger partial charge in [-0.15, -0.1) is 11.3 Å². The third-order valence-electron chi connectivity index (χ3n) is 2.43. The molecule has 19 heavy (non-hydrogen) atoms. The molecule has 0 unspecified atom stereocenters. The van der Waals surface area contributed by atoms with Gasteiger partial charge in [-0.3, -0.25) is 9.48 Å². The van der Waals surface area contributed by atoms with Gasteiger partial charge in [0.05, 0.1) is 14.9 Å². The van der Waals surface area contributed by atoms with Gasteiger partial charge < -0.3 is 5.32 Å². The number of amides is 1. The Morgan fingerprint density at radius 3 is 2.63 bits per heavy atom. The van der Waals surface area contributed by atoms with Crippen LogP contribution in [0.3, 0.4) is 0 Å². The molecule has 2 aromatic rings. The minimum atomic E-state index is -0.277. The number of aryl methyl sites for hydroxylation is 1. The number of nitrogens with zero attached hydrogens (tertiary/aromatic N) is 2. The first-order chi connectivity index (χ1) is 8.76. The van der Waals surface area contributed by atoms with E-state index in [4.69, 9.17) is 11.6 Å². The smallest absolute Gasteiger partial charge is 0.272 e. The Hall–Kier alpha value is -1.33. The number of hydrogen-bond donors (Lipinski definition) is 1. The second kappa shape index (κ2) is 4.98. The fourth-order valence-electron chi connectivity index (χ4n) is 1.67. The monoisotopic (exact) mass is 297 g/mol. The Kier molecular flexibility index (Phi) is 3.69. The molecule has 0 saturated carbocycles. The van der Waals surface area contributed by atoms with Crippen LogP contribution in [0.25, 0.3) is 10.6 Å². The summed E-state index contributed by atoms with van der Waals surface area (Å²) in [4.78, 5) is 13.0. The molecular formula is C13H16ClN3OS. The van der Waals surface area contributed by atoms with Crippen molar-refractivity contribution >= 4 is 28.8 Å². The Morgan fingerprint density at radius 2 is 2.11 bits per heavy atom. The highest BCUT2D eigenvalue weighted by atomic mass is 35.5. The molecule has 0 aliphatic carbocycles. The second-order valence-corrected chi connectivity index (χ2v) is 7.06. The first-order valence-electron chi connectivity index (χ1n) is 5.88. The van der Waals surface area contributed by atoms with E-state index in [1.165, 1.54) is 11.3 Å². The zero-order valence-electron chi connectivity index (χ0n) is 11.3. The molecule has 2 rings (SSSR count). The molecule has 0 spiro atoms. The van der Waals surface area contributed by atoms with Crippen molar-refractivity contribution in [3.8, 4) is 10.6 Å². The molecule has 0 radical (unpaired) electrons. The van der Waals surface area contributed by atoms with E-state index in [1.54, 1.807) is 10.7 Å². The Morgan fingerprint density at radius 1 is 1.42 bits per heavy atom. The van der Waals surface area contributed by atoms with Crippen LogP contribution in [0.2, 0.25) is 4.34 Å². The Labute approximate surface area is 121 Å². The summed E-state index contributed by atoms with van der Waals surface area (Å²) in [5.41, 5.74) is 1.02. The van der Waals surface area contributed by atoms with Crippen molar-refractivity contribution in [3.63, 3.8) is 0 Å². The molecule has 0 aliphatic heterocycles. The number of thiophene rings is 1. The molecular weight excluding hydrogens is 282 g/mol. The van der Waals surface area contributed by atoms with E-state index in [0.29, 0.717) is 5.69 Å². The molecule has 2 aromatic heterocycles. The maximum atomic E-state index is 12.1. The van der Waals surface area contributed by atoms with Gasteiger partial charge >= 0.3 is 0 Å². The van der Waals surface area contributed by atoms with Crippen LogP contribution >= 0.6 is 22.9 Å². The van der Waals surface area contributed by atoms with Crippen molar-refractivity contribution in [2.45, 2.75) is 26.3 Å². The molecule has 0 aliphatic rings. The molecule has 0 bridgehead atoms. The van der Waals surface area contributed by atoms with E-state index in [0.717, 1.165) is 14.9 Å². The summed E-state index contributed by atoms with van der Waals surface area (Å²) >= 11 is 7.39. The normalized spacial score (nSPS) is 11.6. The van der Waals surface area contributed by atoms with Crippen molar-refractivity contribution in [3.05, 3.63) is 28.2 Å². The maximum Gasteiger partial charge on any atom is 0.272 e. The van der Waals surface area contributed by atoms with Gasteiger partial charge in [0.2, 0.25) is 0 Å². The van der Waals surface area contributed by atoms with Crippen LogP contribution in [0.15, 0.2) is 18.2 Å². The lowest BCUT2D eigenvalue weighted by atomic mass is 10.1. The van der Waals surface area contributed by atoms with Crippen LogP contribution in [0.4, 0.5) is 0 Å². The highest BCUT2D eigenvalue weighted by molar-refractivity contribution is 7.19. The van der Waals surface area contributed by atoms with E-state index in [1.807, 2.05) is 40.0 Å². The van der Waals surface area contributed by atoms with Gasteiger partial charge in [0.1, 0.15) is 0 Å². The highest BCUT2D eigenvalue weighted by Gasteiger charge is 2.19. The lowest BCUT2D eigenvalue weighted by Crippen LogP contribution is -2.40. The van der Waals surface area contributed by atoms with Crippen molar-refractivity contribution in [1.82, 2.24) is 15.1 Å². The quantitative estimate of drug-likeness (QED) is 0.924. The predicted molar refractivity (Wildman–Crippen MR) is 78.8 cm³/mol. The molecule has 1 amide bonds. The molecule has 0 saturated heterocycles. The third-order valence-corrected chi connectivity index (χ3v) is 3.68. The van der Waals surface area contributed by atoms with Gasteiger partial charge in [-0.2, -0.15) is 5.10 Å². The lowest BCUT2D eigenvalue weighted by Gasteiger charge is -2.19. The van der Waals surface area contributed by atoms with Crippen molar-refractivity contribution < 1.29 is 4.79 Å². The first-order valence-corrected chi connectivity index (χ1v) is 7.08. The van der Waals surface area contributed by atoms with Gasteiger partial charge in [-0.1, -0.05) is 11.6 Å². The summed E-state index contributed by atoms with van der Waals surface area (Å²) in [6.45, 7) is 5.81. The van der Waals surface area contributed by atoms with E-state index >= 15 is 0 Å². The van der Waals surface area contributed by atoms with Crippen LogP contribution in [-0.2, 0) is 7.05 Å². The van der Waals surface area contributed by atoms with Crippen LogP contribution in [0.1, 0.15) is 31.3 Å². The number of nitrogens with one attached hydrogen (secondary N) is 1. The standard InChI is InChI=1S/C13H16ClN3OS/c1-13(2,3)15-12(18)8-7-9(17(4)16-8)10-5-6-11(14)19-10/h5-7H,1-4H3,(H,15,18). The number of rotatable bonds is 2. The minimum Gasteiger partial charge on any atom is -0.346 e. The van der Waals surface area contributed by atoms with E-state index in [2.05, 4.69) is 10.4 Å². The fraction of sp³-hybridized carbons (Fsp3) is 0.385. The van der Waals surface area contributed by atoms with Gasteiger partial charge in [-0.05, 0) is 39.0 Å². The maximum absolute atomic E-state index is 12.1. The van der Waals surface area contributed by atoms with Crippen LogP contribution in [-0.4, -0.2) is 21.2 Å². The molecule has 4 nitrogen and oxygen atoms in total. The second-order valence-electron chi connectivity index (χ2n) is 5.35. The highest BCUT2D eigenvalue weighted by Crippen LogP contribution is 2.31. The molecule has 102 valence electrons. The van der Waals surface area contributed by atoms with Crippen molar-refractivity contribution in [2.75, 3.05) is 0 Å². The first kappa shape index (κ1) is 14.1. The molecule has 1 N–H and O–H groups in total. The molecule has 0 fully saturated rings. The zero-order chi connectivity index (χ0) is 14.2. The summed E-state index contributed by atoms with van der Waals surface area (Å²) < 4.78 is 2.41. The average molecular weight is 298 g/mol. The molecule has 2 heterocycles. The van der Waals surface area contributed by atoms with E-state index in [9.17, 15) is 4.79 Å². The average Bonchev–Trinajstić information content (AvgIpc) is 2.82. The van der Waals surface area contributed by atoms with E-state index < -0.39 is 0 Å². The number of carbonyl (C=O) groups excluding carboxylic acids is 1. The van der Waals surface area contributed by atoms with Gasteiger partial charge in [0.15, 0.2) is 5.69 Å². The minimum absolute atomic E-state index is 0.169. The summed E-state index contributed by atoms with van der Waals surface area (Å²) in [5.74, 6) is -0.169. The van der Waals surface area contributed by atoms with Crippen LogP contribution in [0, 0.1) is 0 Å². The predicted octanol–water partition coefficient (Wildman–Crippen LogP) is 3.33. The van der Waals surface area contributed by atoms with Gasteiger partial charge in [0.25, 0.3) is 5.91 Å². The molecule has 0 atom stereocenters. The van der Waals surface area contributed by atoms with Gasteiger partial charge in [-0.25, -0.2) is 0 Å². The number of carbonyl (C=O) groups is 1. The molecule has 0 aromatic carbocycles. The van der Waals surface area contributed by atoms with Crippen molar-refractivity contribution in [2.24, 2.45) is 7.05 Å². The summed E-state index contributed by atoms with van der Waals surface area (Å²) in [7, 11) is 1.82. The SMILES string of the molecule is Cn1nc(C(=O)NC(C)(C)C)cc1-c1ccc(Cl)s1. The number of halogens is 1. The zero-order valence-corrected chi connectivity index (χ0v) is 12.9. The van der Waals surface area contributed by atoms with E-state index in [-0.39, 0.29) is 11.4 Å². The number of hydrogen-bond acceptors (Lipinski definition) is 3. The summed E-state index contributed by atoms with van der Waals surface area (Å²) in [6.07, 6.45) is 0. The van der Waals surface area contributed by atoms with Crippen LogP contribution in [0.5, 0.6) is 0 Å². The van der Waals surface area contributed by atoms with Crippen LogP contribution < -0.4 is 5.32 Å². The Balaban J connectivity index is 2.29. The number of aromatic nitrogens is 2. The fourth-order valence-corrected chi connectivity index (χ4v) is 2.76. The summed E-state index contributed by atoms with van der Waals surface area (Å²) in [5, 5.41) is 7.14. The topological polar surface area (TPSA) is 46.9 Å². The van der Waals surface area contributed by atoms with Crippen molar-refractivity contribution in [1.29, 1.82) is 0 Å². The van der Waals surface area contributed by atoms with Gasteiger partial charge in [0, 0.05) is 12.6 Å². The largest absolute Gasteiger partial charge is 0.346 e. The third kappa shape index (κ3) is 3.36.